The second-order valence-electron chi connectivity index (χ2n) is 7.78. The molecule has 0 bridgehead atoms. The van der Waals surface area contributed by atoms with Crippen LogP contribution in [0.15, 0.2) is 52.4 Å². The molecule has 1 aliphatic heterocycles. The lowest BCUT2D eigenvalue weighted by molar-refractivity contribution is 0.602. The van der Waals surface area contributed by atoms with Crippen molar-refractivity contribution >= 4 is 21.5 Å². The molecule has 1 heterocycles. The van der Waals surface area contributed by atoms with Crippen molar-refractivity contribution in [2.45, 2.75) is 37.6 Å². The van der Waals surface area contributed by atoms with Crippen LogP contribution >= 0.6 is 0 Å². The molecule has 0 aromatic heterocycles. The van der Waals surface area contributed by atoms with E-state index in [9.17, 15) is 8.42 Å². The first-order valence-corrected chi connectivity index (χ1v) is 12.4. The van der Waals surface area contributed by atoms with Gasteiger partial charge in [-0.2, -0.15) is 0 Å². The van der Waals surface area contributed by atoms with Crippen LogP contribution < -0.4 is 15.5 Å². The molecule has 0 atom stereocenters. The Morgan fingerprint density at radius 3 is 2.53 bits per heavy atom. The molecule has 2 aromatic rings. The monoisotopic (exact) mass is 428 g/mol. The van der Waals surface area contributed by atoms with E-state index in [1.807, 2.05) is 12.1 Å². The van der Waals surface area contributed by atoms with Crippen LogP contribution in [0.3, 0.4) is 0 Å². The van der Waals surface area contributed by atoms with Crippen LogP contribution in [0.2, 0.25) is 0 Å². The SMILES string of the molecule is CCNC(=NCc1ccc2c(c1)CCCN2C)NCCc1ccc(S(C)(=O)=O)cc1. The van der Waals surface area contributed by atoms with Gasteiger partial charge in [-0.05, 0) is 61.1 Å². The molecule has 2 aromatic carbocycles. The number of nitrogens with one attached hydrogen (secondary N) is 2. The van der Waals surface area contributed by atoms with Crippen molar-refractivity contribution in [1.29, 1.82) is 0 Å². The first-order valence-electron chi connectivity index (χ1n) is 10.5. The van der Waals surface area contributed by atoms with E-state index in [2.05, 4.69) is 47.7 Å². The number of fused-ring (bicyclic) bond motifs is 1. The number of anilines is 1. The quantitative estimate of drug-likeness (QED) is 0.524. The molecule has 0 unspecified atom stereocenters. The molecule has 3 rings (SSSR count). The molecular weight excluding hydrogens is 396 g/mol. The zero-order valence-corrected chi connectivity index (χ0v) is 18.9. The van der Waals surface area contributed by atoms with Gasteiger partial charge in [-0.15, -0.1) is 0 Å². The third-order valence-corrected chi connectivity index (χ3v) is 6.44. The predicted molar refractivity (Wildman–Crippen MR) is 124 cm³/mol. The fraction of sp³-hybridized carbons (Fsp3) is 0.435. The molecule has 0 amide bonds. The number of guanidine groups is 1. The van der Waals surface area contributed by atoms with Crippen LogP contribution in [0.5, 0.6) is 0 Å². The fourth-order valence-electron chi connectivity index (χ4n) is 3.68. The number of sulfone groups is 1. The van der Waals surface area contributed by atoms with Gasteiger partial charge in [-0.25, -0.2) is 13.4 Å². The standard InChI is InChI=1S/C23H32N4O2S/c1-4-24-23(25-14-13-18-7-10-21(11-8-18)30(3,28)29)26-17-19-9-12-22-20(16-19)6-5-15-27(22)2/h7-12,16H,4-6,13-15,17H2,1-3H3,(H2,24,25,26). The first-order chi connectivity index (χ1) is 14.4. The summed E-state index contributed by atoms with van der Waals surface area (Å²) in [6.07, 6.45) is 4.35. The Bertz CT molecular complexity index is 985. The van der Waals surface area contributed by atoms with Crippen LogP contribution in [0.4, 0.5) is 5.69 Å². The molecule has 6 nitrogen and oxygen atoms in total. The summed E-state index contributed by atoms with van der Waals surface area (Å²) in [6, 6.07) is 13.7. The highest BCUT2D eigenvalue weighted by molar-refractivity contribution is 7.90. The lowest BCUT2D eigenvalue weighted by Gasteiger charge is -2.27. The number of aliphatic imine (C=N–C) groups is 1. The normalized spacial score (nSPS) is 14.4. The highest BCUT2D eigenvalue weighted by Crippen LogP contribution is 2.26. The summed E-state index contributed by atoms with van der Waals surface area (Å²) in [4.78, 5) is 7.40. The minimum absolute atomic E-state index is 0.352. The van der Waals surface area contributed by atoms with Crippen molar-refractivity contribution in [2.75, 3.05) is 37.8 Å². The largest absolute Gasteiger partial charge is 0.374 e. The summed E-state index contributed by atoms with van der Waals surface area (Å²) < 4.78 is 23.1. The Morgan fingerprint density at radius 1 is 1.10 bits per heavy atom. The van der Waals surface area contributed by atoms with Crippen molar-refractivity contribution in [3.63, 3.8) is 0 Å². The Morgan fingerprint density at radius 2 is 1.83 bits per heavy atom. The number of benzene rings is 2. The zero-order valence-electron chi connectivity index (χ0n) is 18.1. The molecule has 0 fully saturated rings. The highest BCUT2D eigenvalue weighted by atomic mass is 32.2. The summed E-state index contributed by atoms with van der Waals surface area (Å²) >= 11 is 0. The summed E-state index contributed by atoms with van der Waals surface area (Å²) in [5, 5.41) is 6.65. The lowest BCUT2D eigenvalue weighted by atomic mass is 10.00. The van der Waals surface area contributed by atoms with Crippen molar-refractivity contribution in [3.05, 3.63) is 59.2 Å². The fourth-order valence-corrected chi connectivity index (χ4v) is 4.31. The van der Waals surface area contributed by atoms with Crippen LogP contribution in [0, 0.1) is 0 Å². The topological polar surface area (TPSA) is 73.8 Å². The molecule has 7 heteroatoms. The average molecular weight is 429 g/mol. The maximum atomic E-state index is 11.6. The Balaban J connectivity index is 1.57. The van der Waals surface area contributed by atoms with E-state index in [-0.39, 0.29) is 0 Å². The van der Waals surface area contributed by atoms with Gasteiger partial charge in [0.05, 0.1) is 11.4 Å². The summed E-state index contributed by atoms with van der Waals surface area (Å²) in [6.45, 7) is 5.32. The van der Waals surface area contributed by atoms with Crippen LogP contribution in [0.25, 0.3) is 0 Å². The summed E-state index contributed by atoms with van der Waals surface area (Å²) in [5.41, 5.74) is 5.05. The third-order valence-electron chi connectivity index (χ3n) is 5.32. The number of hydrogen-bond acceptors (Lipinski definition) is 4. The van der Waals surface area contributed by atoms with E-state index in [1.165, 1.54) is 29.5 Å². The number of aryl methyl sites for hydroxylation is 1. The molecule has 0 radical (unpaired) electrons. The van der Waals surface area contributed by atoms with Crippen molar-refractivity contribution in [3.8, 4) is 0 Å². The van der Waals surface area contributed by atoms with Gasteiger partial charge in [0.1, 0.15) is 0 Å². The highest BCUT2D eigenvalue weighted by Gasteiger charge is 2.13. The van der Waals surface area contributed by atoms with E-state index in [0.29, 0.717) is 11.4 Å². The number of nitrogens with zero attached hydrogens (tertiary/aromatic N) is 2. The van der Waals surface area contributed by atoms with Gasteiger partial charge in [0.25, 0.3) is 0 Å². The lowest BCUT2D eigenvalue weighted by Crippen LogP contribution is -2.38. The maximum Gasteiger partial charge on any atom is 0.191 e. The van der Waals surface area contributed by atoms with Crippen LogP contribution in [-0.2, 0) is 29.2 Å². The van der Waals surface area contributed by atoms with Gasteiger partial charge in [0, 0.05) is 38.6 Å². The van der Waals surface area contributed by atoms with E-state index in [4.69, 9.17) is 4.99 Å². The molecule has 0 saturated carbocycles. The number of hydrogen-bond donors (Lipinski definition) is 2. The summed E-state index contributed by atoms with van der Waals surface area (Å²) in [7, 11) is -1.00. The Kier molecular flexibility index (Phi) is 7.37. The smallest absolute Gasteiger partial charge is 0.191 e. The van der Waals surface area contributed by atoms with Gasteiger partial charge in [0.2, 0.25) is 0 Å². The van der Waals surface area contributed by atoms with Crippen LogP contribution in [0.1, 0.15) is 30.0 Å². The second kappa shape index (κ2) is 9.98. The molecule has 162 valence electrons. The van der Waals surface area contributed by atoms with Gasteiger partial charge < -0.3 is 15.5 Å². The van der Waals surface area contributed by atoms with E-state index in [0.717, 1.165) is 44.0 Å². The molecule has 0 spiro atoms. The van der Waals surface area contributed by atoms with Crippen molar-refractivity contribution in [2.24, 2.45) is 4.99 Å². The first kappa shape index (κ1) is 22.2. The zero-order chi connectivity index (χ0) is 21.6. The maximum absolute atomic E-state index is 11.6. The van der Waals surface area contributed by atoms with Gasteiger partial charge in [0.15, 0.2) is 15.8 Å². The summed E-state index contributed by atoms with van der Waals surface area (Å²) in [5.74, 6) is 0.792. The van der Waals surface area contributed by atoms with Crippen molar-refractivity contribution in [1.82, 2.24) is 10.6 Å². The van der Waals surface area contributed by atoms with Gasteiger partial charge in [-0.3, -0.25) is 0 Å². The molecule has 0 aliphatic carbocycles. The van der Waals surface area contributed by atoms with E-state index >= 15 is 0 Å². The third kappa shape index (κ3) is 5.98. The van der Waals surface area contributed by atoms with Crippen molar-refractivity contribution < 1.29 is 8.42 Å². The Hall–Kier alpha value is -2.54. The minimum atomic E-state index is -3.15. The minimum Gasteiger partial charge on any atom is -0.374 e. The molecule has 1 aliphatic rings. The van der Waals surface area contributed by atoms with Crippen LogP contribution in [-0.4, -0.2) is 47.3 Å². The molecule has 0 saturated heterocycles. The Labute approximate surface area is 180 Å². The van der Waals surface area contributed by atoms with E-state index < -0.39 is 9.84 Å². The van der Waals surface area contributed by atoms with E-state index in [1.54, 1.807) is 12.1 Å². The molecule has 30 heavy (non-hydrogen) atoms. The molecular formula is C23H32N4O2S. The average Bonchev–Trinajstić information content (AvgIpc) is 2.72. The second-order valence-corrected chi connectivity index (χ2v) is 9.79. The van der Waals surface area contributed by atoms with Gasteiger partial charge in [-0.1, -0.05) is 24.3 Å². The predicted octanol–water partition coefficient (Wildman–Crippen LogP) is 2.77. The van der Waals surface area contributed by atoms with Gasteiger partial charge >= 0.3 is 0 Å². The molecule has 2 N–H and O–H groups in total. The number of rotatable bonds is 7.